The van der Waals surface area contributed by atoms with Gasteiger partial charge in [0.2, 0.25) is 17.7 Å². The van der Waals surface area contributed by atoms with Crippen molar-refractivity contribution in [1.82, 2.24) is 9.47 Å². The predicted octanol–water partition coefficient (Wildman–Crippen LogP) is 3.84. The van der Waals surface area contributed by atoms with Crippen molar-refractivity contribution in [2.75, 3.05) is 23.7 Å². The van der Waals surface area contributed by atoms with Crippen molar-refractivity contribution in [3.8, 4) is 5.69 Å². The molecular weight excluding hydrogens is 499 g/mol. The average molecular weight is 523 g/mol. The van der Waals surface area contributed by atoms with E-state index in [-0.39, 0.29) is 23.4 Å². The molecule has 2 aromatic carbocycles. The van der Waals surface area contributed by atoms with Crippen LogP contribution in [0.25, 0.3) is 5.69 Å². The van der Waals surface area contributed by atoms with Crippen molar-refractivity contribution in [1.29, 1.82) is 0 Å². The van der Waals surface area contributed by atoms with Gasteiger partial charge < -0.3 is 15.5 Å². The molecule has 2 unspecified atom stereocenters. The van der Waals surface area contributed by atoms with Gasteiger partial charge in [0.15, 0.2) is 0 Å². The van der Waals surface area contributed by atoms with Crippen LogP contribution < -0.4 is 16.2 Å². The lowest BCUT2D eigenvalue weighted by Crippen LogP contribution is -2.44. The van der Waals surface area contributed by atoms with Crippen LogP contribution in [0.2, 0.25) is 5.02 Å². The summed E-state index contributed by atoms with van der Waals surface area (Å²) in [6.07, 6.45) is 3.17. The Kier molecular flexibility index (Phi) is 6.55. The van der Waals surface area contributed by atoms with Crippen LogP contribution in [-0.2, 0) is 14.4 Å². The van der Waals surface area contributed by atoms with Crippen LogP contribution in [0.4, 0.5) is 15.8 Å². The number of benzene rings is 2. The highest BCUT2D eigenvalue weighted by Gasteiger charge is 2.69. The highest BCUT2D eigenvalue weighted by atomic mass is 35.5. The van der Waals surface area contributed by atoms with E-state index < -0.39 is 34.9 Å². The van der Waals surface area contributed by atoms with Crippen molar-refractivity contribution in [2.24, 2.45) is 11.3 Å². The van der Waals surface area contributed by atoms with Crippen LogP contribution in [0.5, 0.6) is 0 Å². The van der Waals surface area contributed by atoms with Crippen LogP contribution in [0, 0.1) is 17.2 Å². The fourth-order valence-electron chi connectivity index (χ4n) is 4.76. The Bertz CT molecular complexity index is 1430. The largest absolute Gasteiger partial charge is 0.342 e. The molecule has 8 nitrogen and oxygen atoms in total. The minimum atomic E-state index is -1.62. The van der Waals surface area contributed by atoms with Crippen molar-refractivity contribution >= 4 is 40.7 Å². The number of aromatic nitrogens is 1. The summed E-state index contributed by atoms with van der Waals surface area (Å²) < 4.78 is 16.3. The van der Waals surface area contributed by atoms with Gasteiger partial charge in [-0.1, -0.05) is 17.7 Å². The van der Waals surface area contributed by atoms with Gasteiger partial charge in [-0.3, -0.25) is 23.7 Å². The summed E-state index contributed by atoms with van der Waals surface area (Å²) in [4.78, 5) is 53.7. The molecule has 1 saturated heterocycles. The van der Waals surface area contributed by atoms with Gasteiger partial charge in [-0.2, -0.15) is 0 Å². The molecule has 2 N–H and O–H groups in total. The third-order valence-electron chi connectivity index (χ3n) is 6.87. The second kappa shape index (κ2) is 9.82. The molecule has 0 spiro atoms. The molecule has 0 bridgehead atoms. The zero-order valence-electron chi connectivity index (χ0n) is 19.7. The molecule has 2 heterocycles. The summed E-state index contributed by atoms with van der Waals surface area (Å²) in [6.45, 7) is 1.02. The highest BCUT2D eigenvalue weighted by Crippen LogP contribution is 2.55. The maximum atomic E-state index is 15.0. The number of anilines is 2. The molecule has 190 valence electrons. The molecule has 3 amide bonds. The smallest absolute Gasteiger partial charge is 0.255 e. The van der Waals surface area contributed by atoms with Crippen molar-refractivity contribution in [3.05, 3.63) is 88.1 Å². The summed E-state index contributed by atoms with van der Waals surface area (Å²) in [5.41, 5.74) is -1.32. The summed E-state index contributed by atoms with van der Waals surface area (Å²) in [5.74, 6) is -3.30. The van der Waals surface area contributed by atoms with E-state index in [0.29, 0.717) is 23.8 Å². The van der Waals surface area contributed by atoms with E-state index in [1.807, 2.05) is 0 Å². The van der Waals surface area contributed by atoms with E-state index in [2.05, 4.69) is 10.6 Å². The minimum Gasteiger partial charge on any atom is -0.342 e. The van der Waals surface area contributed by atoms with E-state index in [0.717, 1.165) is 18.9 Å². The van der Waals surface area contributed by atoms with Crippen LogP contribution in [0.1, 0.15) is 19.3 Å². The standard InChI is InChI=1S/C27H24ClFN4O4/c28-17-6-8-18(9-7-17)30-24(35)20-16-27(20,26(37)32-12-3-4-13-32)25(36)31-22-11-10-19(15-21(22)29)33-14-2-1-5-23(33)34/h1-2,5-11,14-15,20H,3-4,12-13,16H2,(H,30,35)(H,31,36). The first-order valence-corrected chi connectivity index (χ1v) is 12.3. The first-order chi connectivity index (χ1) is 17.8. The van der Waals surface area contributed by atoms with Gasteiger partial charge in [0.25, 0.3) is 5.56 Å². The Morgan fingerprint density at radius 1 is 0.973 bits per heavy atom. The zero-order valence-corrected chi connectivity index (χ0v) is 20.5. The Balaban J connectivity index is 1.38. The number of pyridine rings is 1. The topological polar surface area (TPSA) is 101 Å². The number of halogens is 2. The second-order valence-corrected chi connectivity index (χ2v) is 9.69. The molecule has 37 heavy (non-hydrogen) atoms. The normalized spacial score (nSPS) is 20.4. The Morgan fingerprint density at radius 2 is 1.70 bits per heavy atom. The molecule has 5 rings (SSSR count). The third kappa shape index (κ3) is 4.74. The van der Waals surface area contributed by atoms with Gasteiger partial charge in [0, 0.05) is 42.1 Å². The van der Waals surface area contributed by atoms with Crippen molar-refractivity contribution in [2.45, 2.75) is 19.3 Å². The van der Waals surface area contributed by atoms with Crippen molar-refractivity contribution in [3.63, 3.8) is 0 Å². The number of amides is 3. The Hall–Kier alpha value is -3.98. The Labute approximate surface area is 217 Å². The van der Waals surface area contributed by atoms with Crippen LogP contribution in [0.15, 0.2) is 71.7 Å². The van der Waals surface area contributed by atoms with E-state index in [4.69, 9.17) is 11.6 Å². The number of rotatable bonds is 6. The number of hydrogen-bond donors (Lipinski definition) is 2. The lowest BCUT2D eigenvalue weighted by atomic mass is 9.99. The lowest BCUT2D eigenvalue weighted by molar-refractivity contribution is -0.143. The molecule has 0 radical (unpaired) electrons. The van der Waals surface area contributed by atoms with Gasteiger partial charge in [0.05, 0.1) is 17.3 Å². The number of nitrogens with one attached hydrogen (secondary N) is 2. The number of nitrogens with zero attached hydrogens (tertiary/aromatic N) is 2. The molecule has 2 atom stereocenters. The molecule has 2 aliphatic rings. The fourth-order valence-corrected chi connectivity index (χ4v) is 4.88. The Morgan fingerprint density at radius 3 is 2.38 bits per heavy atom. The molecule has 1 aromatic heterocycles. The van der Waals surface area contributed by atoms with E-state index in [9.17, 15) is 23.6 Å². The summed E-state index contributed by atoms with van der Waals surface area (Å²) in [6, 6.07) is 15.0. The van der Waals surface area contributed by atoms with Crippen LogP contribution >= 0.6 is 11.6 Å². The van der Waals surface area contributed by atoms with Crippen molar-refractivity contribution < 1.29 is 18.8 Å². The maximum Gasteiger partial charge on any atom is 0.255 e. The molecule has 3 aromatic rings. The van der Waals surface area contributed by atoms with Gasteiger partial charge in [-0.25, -0.2) is 4.39 Å². The molecule has 1 aliphatic carbocycles. The number of carbonyl (C=O) groups excluding carboxylic acids is 3. The van der Waals surface area contributed by atoms with Crippen LogP contribution in [0.3, 0.4) is 0 Å². The fraction of sp³-hybridized carbons (Fsp3) is 0.259. The summed E-state index contributed by atoms with van der Waals surface area (Å²) in [7, 11) is 0. The SMILES string of the molecule is O=C(Nc1ccc(Cl)cc1)C1CC1(C(=O)Nc1ccc(-n2ccccc2=O)cc1F)C(=O)N1CCCC1. The monoisotopic (exact) mass is 522 g/mol. The van der Waals surface area contributed by atoms with Crippen LogP contribution in [-0.4, -0.2) is 40.3 Å². The minimum absolute atomic E-state index is 0.0205. The highest BCUT2D eigenvalue weighted by molar-refractivity contribution is 6.30. The first kappa shape index (κ1) is 24.7. The molecule has 2 fully saturated rings. The van der Waals surface area contributed by atoms with E-state index in [1.165, 1.54) is 29.0 Å². The predicted molar refractivity (Wildman–Crippen MR) is 137 cm³/mol. The first-order valence-electron chi connectivity index (χ1n) is 11.9. The number of carbonyl (C=O) groups is 3. The zero-order chi connectivity index (χ0) is 26.2. The van der Waals surface area contributed by atoms with Gasteiger partial charge >= 0.3 is 0 Å². The summed E-state index contributed by atoms with van der Waals surface area (Å²) in [5, 5.41) is 5.77. The van der Waals surface area contributed by atoms with E-state index in [1.54, 1.807) is 41.3 Å². The molecule has 1 saturated carbocycles. The number of likely N-dealkylation sites (tertiary alicyclic amines) is 1. The number of hydrogen-bond acceptors (Lipinski definition) is 4. The van der Waals surface area contributed by atoms with Gasteiger partial charge in [0.1, 0.15) is 11.2 Å². The molecular formula is C27H24ClFN4O4. The quantitative estimate of drug-likeness (QED) is 0.480. The van der Waals surface area contributed by atoms with E-state index >= 15 is 0 Å². The molecule has 10 heteroatoms. The lowest BCUT2D eigenvalue weighted by Gasteiger charge is -2.23. The maximum absolute atomic E-state index is 15.0. The molecule has 1 aliphatic heterocycles. The van der Waals surface area contributed by atoms with Gasteiger partial charge in [-0.05, 0) is 61.7 Å². The summed E-state index contributed by atoms with van der Waals surface area (Å²) >= 11 is 5.90. The average Bonchev–Trinajstić information content (AvgIpc) is 3.42. The second-order valence-electron chi connectivity index (χ2n) is 9.25. The third-order valence-corrected chi connectivity index (χ3v) is 7.12. The van der Waals surface area contributed by atoms with Gasteiger partial charge in [-0.15, -0.1) is 0 Å².